The molecule has 2 aliphatic heterocycles. The number of fused-ring (bicyclic) bond motifs is 6. The molecule has 0 aromatic heterocycles. The fourth-order valence-electron chi connectivity index (χ4n) is 5.24. The van der Waals surface area contributed by atoms with Crippen molar-refractivity contribution >= 4 is 23.4 Å². The number of benzene rings is 1. The second kappa shape index (κ2) is 6.61. The average Bonchev–Trinajstić information content (AvgIpc) is 3.46. The van der Waals surface area contributed by atoms with Gasteiger partial charge in [-0.05, 0) is 43.2 Å². The van der Waals surface area contributed by atoms with Gasteiger partial charge in [0, 0.05) is 11.8 Å². The van der Waals surface area contributed by atoms with Crippen LogP contribution in [0.3, 0.4) is 0 Å². The molecule has 2 aliphatic carbocycles. The number of amides is 3. The SMILES string of the molecule is CCCc1cc2c(cc1NC(=O)[C@H](C)N1C(=O)[C@H]3[C@H](C1=O)[C@H]1C=C[C@H]3C1)OCO2. The first kappa shape index (κ1) is 18.2. The van der Waals surface area contributed by atoms with Crippen molar-refractivity contribution in [3.05, 3.63) is 29.8 Å². The highest BCUT2D eigenvalue weighted by Gasteiger charge is 2.60. The van der Waals surface area contributed by atoms with Crippen molar-refractivity contribution in [3.8, 4) is 11.5 Å². The number of likely N-dealkylation sites (tertiary alicyclic amines) is 1. The monoisotopic (exact) mass is 396 g/mol. The lowest BCUT2D eigenvalue weighted by atomic mass is 9.85. The summed E-state index contributed by atoms with van der Waals surface area (Å²) in [6.45, 7) is 3.83. The lowest BCUT2D eigenvalue weighted by molar-refractivity contribution is -0.146. The molecule has 0 unspecified atom stereocenters. The van der Waals surface area contributed by atoms with Crippen LogP contribution in [0, 0.1) is 23.7 Å². The number of hydrogen-bond acceptors (Lipinski definition) is 5. The van der Waals surface area contributed by atoms with Crippen LogP contribution in [0.2, 0.25) is 0 Å². The van der Waals surface area contributed by atoms with Crippen LogP contribution in [0.5, 0.6) is 11.5 Å². The Labute approximate surface area is 169 Å². The Morgan fingerprint density at radius 2 is 1.76 bits per heavy atom. The molecule has 4 aliphatic rings. The van der Waals surface area contributed by atoms with Crippen molar-refractivity contribution < 1.29 is 23.9 Å². The maximum absolute atomic E-state index is 13.0. The number of carbonyl (C=O) groups excluding carboxylic acids is 3. The smallest absolute Gasteiger partial charge is 0.247 e. The van der Waals surface area contributed by atoms with E-state index >= 15 is 0 Å². The van der Waals surface area contributed by atoms with Gasteiger partial charge in [-0.1, -0.05) is 25.5 Å². The van der Waals surface area contributed by atoms with Gasteiger partial charge in [0.1, 0.15) is 6.04 Å². The highest BCUT2D eigenvalue weighted by Crippen LogP contribution is 2.52. The zero-order chi connectivity index (χ0) is 20.3. The molecule has 5 rings (SSSR count). The van der Waals surface area contributed by atoms with E-state index in [-0.39, 0.29) is 48.2 Å². The van der Waals surface area contributed by atoms with Crippen LogP contribution in [0.1, 0.15) is 32.3 Å². The molecule has 2 heterocycles. The van der Waals surface area contributed by atoms with E-state index in [2.05, 4.69) is 24.4 Å². The summed E-state index contributed by atoms with van der Waals surface area (Å²) in [5, 5.41) is 2.91. The molecule has 1 saturated carbocycles. The van der Waals surface area contributed by atoms with Crippen LogP contribution in [-0.4, -0.2) is 35.5 Å². The number of anilines is 1. The van der Waals surface area contributed by atoms with Crippen LogP contribution in [-0.2, 0) is 20.8 Å². The zero-order valence-electron chi connectivity index (χ0n) is 16.5. The number of hydrogen-bond donors (Lipinski definition) is 1. The van der Waals surface area contributed by atoms with Gasteiger partial charge in [-0.3, -0.25) is 19.3 Å². The molecule has 0 spiro atoms. The van der Waals surface area contributed by atoms with Gasteiger partial charge in [0.2, 0.25) is 24.5 Å². The summed E-state index contributed by atoms with van der Waals surface area (Å²) < 4.78 is 10.9. The van der Waals surface area contributed by atoms with Crippen LogP contribution in [0.25, 0.3) is 0 Å². The lowest BCUT2D eigenvalue weighted by Crippen LogP contribution is -2.46. The largest absolute Gasteiger partial charge is 0.454 e. The summed E-state index contributed by atoms with van der Waals surface area (Å²) in [5.74, 6) is 0.126. The highest BCUT2D eigenvalue weighted by molar-refractivity contribution is 6.10. The number of rotatable bonds is 5. The molecule has 1 saturated heterocycles. The van der Waals surface area contributed by atoms with E-state index in [1.54, 1.807) is 13.0 Å². The molecule has 2 fully saturated rings. The minimum Gasteiger partial charge on any atom is -0.454 e. The van der Waals surface area contributed by atoms with Crippen molar-refractivity contribution in [2.75, 3.05) is 12.1 Å². The number of imide groups is 1. The first-order valence-electron chi connectivity index (χ1n) is 10.3. The summed E-state index contributed by atoms with van der Waals surface area (Å²) in [4.78, 5) is 40.1. The fraction of sp³-hybridized carbons (Fsp3) is 0.500. The van der Waals surface area contributed by atoms with E-state index in [1.165, 1.54) is 4.90 Å². The highest BCUT2D eigenvalue weighted by atomic mass is 16.7. The van der Waals surface area contributed by atoms with Gasteiger partial charge in [-0.15, -0.1) is 0 Å². The van der Waals surface area contributed by atoms with Crippen molar-refractivity contribution in [2.45, 2.75) is 39.2 Å². The van der Waals surface area contributed by atoms with E-state index in [4.69, 9.17) is 9.47 Å². The predicted molar refractivity (Wildman–Crippen MR) is 104 cm³/mol. The standard InChI is InChI=1S/C22H24N2O5/c1-3-4-12-8-16-17(29-10-28-16)9-15(12)23-20(25)11(2)24-21(26)18-13-5-6-14(7-13)19(18)22(24)27/h5-6,8-9,11,13-14,18-19H,3-4,7,10H2,1-2H3,(H,23,25)/t11-,13-,14-,18+,19+/m0/s1. The third kappa shape index (κ3) is 2.67. The molecule has 7 nitrogen and oxygen atoms in total. The predicted octanol–water partition coefficient (Wildman–Crippen LogP) is 2.50. The number of aryl methyl sites for hydroxylation is 1. The van der Waals surface area contributed by atoms with E-state index in [1.807, 2.05) is 6.07 Å². The normalized spacial score (nSPS) is 29.5. The van der Waals surface area contributed by atoms with Crippen molar-refractivity contribution in [1.82, 2.24) is 4.90 Å². The molecule has 3 amide bonds. The first-order chi connectivity index (χ1) is 14.0. The number of ether oxygens (including phenoxy) is 2. The quantitative estimate of drug-likeness (QED) is 0.611. The summed E-state index contributed by atoms with van der Waals surface area (Å²) in [5.41, 5.74) is 1.57. The second-order valence-electron chi connectivity index (χ2n) is 8.32. The molecular formula is C22H24N2O5. The maximum atomic E-state index is 13.0. The Morgan fingerprint density at radius 3 is 2.38 bits per heavy atom. The van der Waals surface area contributed by atoms with E-state index in [0.29, 0.717) is 17.2 Å². The number of nitrogens with one attached hydrogen (secondary N) is 1. The Balaban J connectivity index is 1.37. The molecule has 152 valence electrons. The Morgan fingerprint density at radius 1 is 1.14 bits per heavy atom. The molecule has 1 aromatic rings. The van der Waals surface area contributed by atoms with Gasteiger partial charge in [0.05, 0.1) is 11.8 Å². The minimum atomic E-state index is -0.861. The molecule has 0 radical (unpaired) electrons. The van der Waals surface area contributed by atoms with Crippen LogP contribution in [0.15, 0.2) is 24.3 Å². The van der Waals surface area contributed by atoms with E-state index < -0.39 is 6.04 Å². The van der Waals surface area contributed by atoms with Crippen molar-refractivity contribution in [1.29, 1.82) is 0 Å². The van der Waals surface area contributed by atoms with Gasteiger partial charge in [0.25, 0.3) is 0 Å². The average molecular weight is 396 g/mol. The van der Waals surface area contributed by atoms with Gasteiger partial charge in [0.15, 0.2) is 11.5 Å². The van der Waals surface area contributed by atoms with Crippen LogP contribution < -0.4 is 14.8 Å². The lowest BCUT2D eigenvalue weighted by Gasteiger charge is -2.24. The van der Waals surface area contributed by atoms with Gasteiger partial charge >= 0.3 is 0 Å². The van der Waals surface area contributed by atoms with Gasteiger partial charge in [-0.2, -0.15) is 0 Å². The molecule has 5 atom stereocenters. The minimum absolute atomic E-state index is 0.131. The Hall–Kier alpha value is -2.83. The van der Waals surface area contributed by atoms with Crippen LogP contribution in [0.4, 0.5) is 5.69 Å². The van der Waals surface area contributed by atoms with E-state index in [9.17, 15) is 14.4 Å². The number of nitrogens with zero attached hydrogens (tertiary/aromatic N) is 1. The maximum Gasteiger partial charge on any atom is 0.247 e. The number of carbonyl (C=O) groups is 3. The summed E-state index contributed by atoms with van der Waals surface area (Å²) in [6, 6.07) is 2.77. The third-order valence-electron chi connectivity index (χ3n) is 6.65. The van der Waals surface area contributed by atoms with Gasteiger partial charge in [-0.25, -0.2) is 0 Å². The molecule has 29 heavy (non-hydrogen) atoms. The molecule has 7 heteroatoms. The molecular weight excluding hydrogens is 372 g/mol. The van der Waals surface area contributed by atoms with Gasteiger partial charge < -0.3 is 14.8 Å². The topological polar surface area (TPSA) is 84.9 Å². The summed E-state index contributed by atoms with van der Waals surface area (Å²) in [6.07, 6.45) is 6.64. The Bertz CT molecular complexity index is 909. The molecule has 2 bridgehead atoms. The molecule has 1 N–H and O–H groups in total. The van der Waals surface area contributed by atoms with Crippen LogP contribution >= 0.6 is 0 Å². The molecule has 1 aromatic carbocycles. The summed E-state index contributed by atoms with van der Waals surface area (Å²) >= 11 is 0. The zero-order valence-corrected chi connectivity index (χ0v) is 16.5. The van der Waals surface area contributed by atoms with E-state index in [0.717, 1.165) is 24.8 Å². The number of allylic oxidation sites excluding steroid dienone is 2. The first-order valence-corrected chi connectivity index (χ1v) is 10.3. The second-order valence-corrected chi connectivity index (χ2v) is 8.32. The fourth-order valence-corrected chi connectivity index (χ4v) is 5.24. The summed E-state index contributed by atoms with van der Waals surface area (Å²) in [7, 11) is 0. The Kier molecular flexibility index (Phi) is 4.15. The van der Waals surface area contributed by atoms with Crippen molar-refractivity contribution in [2.24, 2.45) is 23.7 Å². The third-order valence-corrected chi connectivity index (χ3v) is 6.65. The van der Waals surface area contributed by atoms with Crippen molar-refractivity contribution in [3.63, 3.8) is 0 Å².